The van der Waals surface area contributed by atoms with E-state index in [1.54, 1.807) is 37.3 Å². The van der Waals surface area contributed by atoms with Crippen LogP contribution in [0.4, 0.5) is 5.13 Å². The zero-order valence-corrected chi connectivity index (χ0v) is 22.2. The van der Waals surface area contributed by atoms with Gasteiger partial charge < -0.3 is 9.84 Å². The predicted molar refractivity (Wildman–Crippen MR) is 144 cm³/mol. The molecule has 2 aromatic carbocycles. The fourth-order valence-corrected chi connectivity index (χ4v) is 5.33. The maximum Gasteiger partial charge on any atom is 0.301 e. The van der Waals surface area contributed by atoms with Crippen LogP contribution in [0.5, 0.6) is 5.75 Å². The van der Waals surface area contributed by atoms with E-state index in [9.17, 15) is 19.5 Å². The van der Waals surface area contributed by atoms with Gasteiger partial charge >= 0.3 is 5.91 Å². The molecule has 3 aromatic rings. The number of hydrogen-bond donors (Lipinski definition) is 1. The molecule has 0 radical (unpaired) electrons. The molecule has 1 atom stereocenters. The van der Waals surface area contributed by atoms with Crippen LogP contribution in [-0.4, -0.2) is 34.2 Å². The van der Waals surface area contributed by atoms with Crippen LogP contribution in [0.1, 0.15) is 71.2 Å². The second-order valence-corrected chi connectivity index (χ2v) is 10.1. The lowest BCUT2D eigenvalue weighted by molar-refractivity contribution is -0.132. The Hall–Kier alpha value is -3.78. The number of benzene rings is 2. The van der Waals surface area contributed by atoms with Crippen LogP contribution in [0.25, 0.3) is 5.76 Å². The maximum absolute atomic E-state index is 13.4. The summed E-state index contributed by atoms with van der Waals surface area (Å²) in [5.41, 5.74) is 2.48. The third-order valence-electron chi connectivity index (χ3n) is 6.27. The van der Waals surface area contributed by atoms with Crippen molar-refractivity contribution in [1.29, 1.82) is 0 Å². The van der Waals surface area contributed by atoms with Gasteiger partial charge in [0.1, 0.15) is 11.5 Å². The zero-order valence-electron chi connectivity index (χ0n) is 21.4. The van der Waals surface area contributed by atoms with E-state index in [1.807, 2.05) is 25.1 Å². The molecule has 1 amide bonds. The Morgan fingerprint density at radius 3 is 2.49 bits per heavy atom. The number of ketones is 2. The van der Waals surface area contributed by atoms with Crippen LogP contribution in [-0.2, 0) is 9.59 Å². The minimum atomic E-state index is -0.939. The lowest BCUT2D eigenvalue weighted by Gasteiger charge is -2.23. The molecule has 37 heavy (non-hydrogen) atoms. The van der Waals surface area contributed by atoms with Crippen molar-refractivity contribution < 1.29 is 24.2 Å². The van der Waals surface area contributed by atoms with E-state index in [2.05, 4.69) is 11.9 Å². The molecule has 4 rings (SSSR count). The van der Waals surface area contributed by atoms with Crippen molar-refractivity contribution in [2.24, 2.45) is 0 Å². The molecule has 2 heterocycles. The Balaban J connectivity index is 1.85. The Labute approximate surface area is 220 Å². The number of aliphatic hydroxyl groups excluding tert-OH is 1. The number of anilines is 1. The van der Waals surface area contributed by atoms with Gasteiger partial charge in [0.15, 0.2) is 10.9 Å². The zero-order chi connectivity index (χ0) is 26.7. The third-order valence-corrected chi connectivity index (χ3v) is 7.53. The van der Waals surface area contributed by atoms with E-state index < -0.39 is 17.7 Å². The van der Waals surface area contributed by atoms with Gasteiger partial charge in [0.2, 0.25) is 0 Å². The Morgan fingerprint density at radius 2 is 1.84 bits per heavy atom. The number of ether oxygens (including phenoxy) is 1. The second-order valence-electron chi connectivity index (χ2n) is 9.13. The molecule has 1 N–H and O–H groups in total. The number of carbonyl (C=O) groups is 3. The standard InChI is InChI=1S/C29H30N2O5S/c1-5-6-7-15-36-22-10-8-9-21(16-22)24-23(25(33)20-13-11-17(2)12-14-20)26(34)28(35)31(24)29-30-18(3)27(37-29)19(4)32/h8-14,16,24,33H,5-7,15H2,1-4H3. The highest BCUT2D eigenvalue weighted by Gasteiger charge is 2.48. The lowest BCUT2D eigenvalue weighted by atomic mass is 9.95. The van der Waals surface area contributed by atoms with Crippen molar-refractivity contribution in [2.45, 2.75) is 53.0 Å². The van der Waals surface area contributed by atoms with E-state index in [0.717, 1.165) is 36.2 Å². The van der Waals surface area contributed by atoms with Gasteiger partial charge in [-0.25, -0.2) is 4.98 Å². The number of Topliss-reactive ketones (excluding diaryl/α,β-unsaturated/α-hetero) is 2. The first kappa shape index (κ1) is 26.3. The molecule has 0 saturated carbocycles. The quantitative estimate of drug-likeness (QED) is 0.120. The van der Waals surface area contributed by atoms with Gasteiger partial charge in [-0.1, -0.05) is 73.1 Å². The summed E-state index contributed by atoms with van der Waals surface area (Å²) in [5.74, 6) is -1.45. The molecular weight excluding hydrogens is 488 g/mol. The van der Waals surface area contributed by atoms with Crippen molar-refractivity contribution in [3.63, 3.8) is 0 Å². The van der Waals surface area contributed by atoms with Crippen LogP contribution in [0, 0.1) is 13.8 Å². The maximum atomic E-state index is 13.4. The Bertz CT molecular complexity index is 1370. The molecule has 1 aromatic heterocycles. The molecule has 1 aliphatic rings. The Kier molecular flexibility index (Phi) is 7.88. The molecule has 0 spiro atoms. The number of thiazole rings is 1. The molecule has 1 aliphatic heterocycles. The summed E-state index contributed by atoms with van der Waals surface area (Å²) >= 11 is 1.06. The first-order valence-electron chi connectivity index (χ1n) is 12.3. The van der Waals surface area contributed by atoms with E-state index in [1.165, 1.54) is 11.8 Å². The van der Waals surface area contributed by atoms with Crippen LogP contribution in [0.3, 0.4) is 0 Å². The molecular formula is C29H30N2O5S. The summed E-state index contributed by atoms with van der Waals surface area (Å²) in [6.45, 7) is 7.72. The number of carbonyl (C=O) groups excluding carboxylic acids is 3. The number of amides is 1. The number of rotatable bonds is 9. The summed E-state index contributed by atoms with van der Waals surface area (Å²) in [6, 6.07) is 13.3. The fourth-order valence-electron chi connectivity index (χ4n) is 4.34. The number of aryl methyl sites for hydroxylation is 2. The summed E-state index contributed by atoms with van der Waals surface area (Å²) in [5, 5.41) is 11.5. The monoisotopic (exact) mass is 518 g/mol. The van der Waals surface area contributed by atoms with Gasteiger partial charge in [-0.2, -0.15) is 0 Å². The summed E-state index contributed by atoms with van der Waals surface area (Å²) in [4.78, 5) is 45.0. The summed E-state index contributed by atoms with van der Waals surface area (Å²) < 4.78 is 5.93. The molecule has 0 aliphatic carbocycles. The average molecular weight is 519 g/mol. The van der Waals surface area contributed by atoms with Crippen molar-refractivity contribution in [3.05, 3.63) is 81.4 Å². The van der Waals surface area contributed by atoms with Crippen LogP contribution >= 0.6 is 11.3 Å². The lowest BCUT2D eigenvalue weighted by Crippen LogP contribution is -2.29. The van der Waals surface area contributed by atoms with Crippen LogP contribution in [0.15, 0.2) is 54.1 Å². The van der Waals surface area contributed by atoms with Crippen molar-refractivity contribution >= 4 is 39.7 Å². The van der Waals surface area contributed by atoms with Gasteiger partial charge in [0.25, 0.3) is 5.78 Å². The normalized spacial score (nSPS) is 16.9. The van der Waals surface area contributed by atoms with Crippen molar-refractivity contribution in [1.82, 2.24) is 4.98 Å². The van der Waals surface area contributed by atoms with Crippen LogP contribution in [0.2, 0.25) is 0 Å². The van der Waals surface area contributed by atoms with Crippen LogP contribution < -0.4 is 9.64 Å². The number of unbranched alkanes of at least 4 members (excludes halogenated alkanes) is 2. The first-order valence-corrected chi connectivity index (χ1v) is 13.1. The largest absolute Gasteiger partial charge is 0.507 e. The number of aliphatic hydroxyl groups is 1. The van der Waals surface area contributed by atoms with E-state index in [-0.39, 0.29) is 22.2 Å². The minimum absolute atomic E-state index is 0.0331. The third kappa shape index (κ3) is 5.34. The molecule has 1 fully saturated rings. The van der Waals surface area contributed by atoms with Crippen molar-refractivity contribution in [3.8, 4) is 5.75 Å². The molecule has 192 valence electrons. The first-order chi connectivity index (χ1) is 17.7. The Morgan fingerprint density at radius 1 is 1.11 bits per heavy atom. The molecule has 1 saturated heterocycles. The topological polar surface area (TPSA) is 96.8 Å². The van der Waals surface area contributed by atoms with E-state index in [4.69, 9.17) is 4.74 Å². The molecule has 7 nitrogen and oxygen atoms in total. The van der Waals surface area contributed by atoms with Crippen molar-refractivity contribution in [2.75, 3.05) is 11.5 Å². The average Bonchev–Trinajstić information content (AvgIpc) is 3.39. The summed E-state index contributed by atoms with van der Waals surface area (Å²) in [7, 11) is 0. The minimum Gasteiger partial charge on any atom is -0.507 e. The highest BCUT2D eigenvalue weighted by atomic mass is 32.1. The fraction of sp³-hybridized carbons (Fsp3) is 0.310. The number of aromatic nitrogens is 1. The van der Waals surface area contributed by atoms with Gasteiger partial charge in [0.05, 0.1) is 28.8 Å². The molecule has 1 unspecified atom stereocenters. The molecule has 8 heteroatoms. The highest BCUT2D eigenvalue weighted by molar-refractivity contribution is 7.18. The SMILES string of the molecule is CCCCCOc1cccc(C2C(=C(O)c3ccc(C)cc3)C(=O)C(=O)N2c2nc(C)c(C(C)=O)s2)c1. The highest BCUT2D eigenvalue weighted by Crippen LogP contribution is 2.44. The van der Waals surface area contributed by atoms with Gasteiger partial charge in [-0.05, 0) is 38.0 Å². The predicted octanol–water partition coefficient (Wildman–Crippen LogP) is 6.16. The van der Waals surface area contributed by atoms with Gasteiger partial charge in [-0.3, -0.25) is 19.3 Å². The second kappa shape index (κ2) is 11.1. The van der Waals surface area contributed by atoms with E-state index >= 15 is 0 Å². The number of nitrogens with zero attached hydrogens (tertiary/aromatic N) is 2. The number of hydrogen-bond acceptors (Lipinski definition) is 7. The smallest absolute Gasteiger partial charge is 0.301 e. The molecule has 0 bridgehead atoms. The summed E-state index contributed by atoms with van der Waals surface area (Å²) in [6.07, 6.45) is 3.05. The van der Waals surface area contributed by atoms with E-state index in [0.29, 0.717) is 34.1 Å². The van der Waals surface area contributed by atoms with Gasteiger partial charge in [0, 0.05) is 12.5 Å². The van der Waals surface area contributed by atoms with Gasteiger partial charge in [-0.15, -0.1) is 0 Å².